The van der Waals surface area contributed by atoms with E-state index in [9.17, 15) is 0 Å². The van der Waals surface area contributed by atoms with E-state index in [0.29, 0.717) is 6.61 Å². The van der Waals surface area contributed by atoms with Crippen molar-refractivity contribution in [3.63, 3.8) is 0 Å². The van der Waals surface area contributed by atoms with Gasteiger partial charge in [0, 0.05) is 19.4 Å². The van der Waals surface area contributed by atoms with Crippen molar-refractivity contribution >= 4 is 0 Å². The molecule has 0 fully saturated rings. The number of aryl methyl sites for hydroxylation is 1. The second-order valence-electron chi connectivity index (χ2n) is 5.33. The first-order valence-corrected chi connectivity index (χ1v) is 6.28. The maximum absolute atomic E-state index is 5.85. The van der Waals surface area contributed by atoms with E-state index in [4.69, 9.17) is 4.74 Å². The Morgan fingerprint density at radius 3 is 2.65 bits per heavy atom. The molecular formula is C13H25N3O. The summed E-state index contributed by atoms with van der Waals surface area (Å²) in [6.07, 6.45) is 4.90. The number of ether oxygens (including phenoxy) is 1. The number of hydrogen-bond donors (Lipinski definition) is 1. The van der Waals surface area contributed by atoms with E-state index in [0.717, 1.165) is 18.8 Å². The molecule has 1 N–H and O–H groups in total. The normalized spacial score (nSPS) is 13.9. The molecule has 0 aliphatic heterocycles. The van der Waals surface area contributed by atoms with E-state index in [1.54, 1.807) is 0 Å². The van der Waals surface area contributed by atoms with Crippen LogP contribution < -0.4 is 5.32 Å². The quantitative estimate of drug-likeness (QED) is 0.827. The fourth-order valence-corrected chi connectivity index (χ4v) is 1.59. The third-order valence-corrected chi connectivity index (χ3v) is 2.49. The van der Waals surface area contributed by atoms with Gasteiger partial charge in [-0.1, -0.05) is 6.92 Å². The van der Waals surface area contributed by atoms with Gasteiger partial charge in [-0.2, -0.15) is 0 Å². The van der Waals surface area contributed by atoms with Crippen LogP contribution in [0.3, 0.4) is 0 Å². The molecule has 0 saturated carbocycles. The van der Waals surface area contributed by atoms with Crippen LogP contribution in [0.2, 0.25) is 0 Å². The van der Waals surface area contributed by atoms with Crippen molar-refractivity contribution in [1.82, 2.24) is 14.9 Å². The molecule has 98 valence electrons. The Hall–Kier alpha value is -0.870. The Morgan fingerprint density at radius 2 is 2.18 bits per heavy atom. The summed E-state index contributed by atoms with van der Waals surface area (Å²) in [5, 5.41) is 3.48. The minimum atomic E-state index is -0.114. The molecule has 0 aromatic carbocycles. The maximum atomic E-state index is 5.85. The number of hydrogen-bond acceptors (Lipinski definition) is 3. The number of rotatable bonds is 6. The highest BCUT2D eigenvalue weighted by molar-refractivity contribution is 4.99. The topological polar surface area (TPSA) is 39.1 Å². The average Bonchev–Trinajstić information content (AvgIpc) is 2.63. The molecule has 1 unspecified atom stereocenters. The van der Waals surface area contributed by atoms with Gasteiger partial charge in [-0.3, -0.25) is 0 Å². The number of nitrogens with zero attached hydrogens (tertiary/aromatic N) is 2. The Kier molecular flexibility index (Phi) is 5.15. The molecule has 0 amide bonds. The Bertz CT molecular complexity index is 328. The van der Waals surface area contributed by atoms with Gasteiger partial charge < -0.3 is 14.6 Å². The van der Waals surface area contributed by atoms with Gasteiger partial charge in [-0.15, -0.1) is 0 Å². The van der Waals surface area contributed by atoms with Gasteiger partial charge in [-0.25, -0.2) is 4.98 Å². The summed E-state index contributed by atoms with van der Waals surface area (Å²) in [5.74, 6) is 1.03. The zero-order valence-electron chi connectivity index (χ0n) is 11.7. The smallest absolute Gasteiger partial charge is 0.127 e. The van der Waals surface area contributed by atoms with Crippen LogP contribution in [0, 0.1) is 0 Å². The zero-order chi connectivity index (χ0) is 12.9. The molecule has 17 heavy (non-hydrogen) atoms. The minimum absolute atomic E-state index is 0.114. The molecule has 1 aromatic rings. The molecule has 0 spiro atoms. The fourth-order valence-electron chi connectivity index (χ4n) is 1.59. The average molecular weight is 239 g/mol. The highest BCUT2D eigenvalue weighted by Gasteiger charge is 2.19. The highest BCUT2D eigenvalue weighted by Crippen LogP contribution is 2.15. The van der Waals surface area contributed by atoms with E-state index < -0.39 is 0 Å². The van der Waals surface area contributed by atoms with Gasteiger partial charge in [0.25, 0.3) is 0 Å². The van der Waals surface area contributed by atoms with Gasteiger partial charge >= 0.3 is 0 Å². The molecular weight excluding hydrogens is 214 g/mol. The first-order valence-electron chi connectivity index (χ1n) is 6.28. The lowest BCUT2D eigenvalue weighted by molar-refractivity contribution is -0.0161. The zero-order valence-corrected chi connectivity index (χ0v) is 11.7. The standard InChI is InChI=1S/C13H25N3O/c1-6-7-14-11(10-17-13(2,3)4)12-15-8-9-16(12)5/h8-9,11,14H,6-7,10H2,1-5H3. The predicted molar refractivity (Wildman–Crippen MR) is 69.9 cm³/mol. The summed E-state index contributed by atoms with van der Waals surface area (Å²) in [5.41, 5.74) is -0.114. The Labute approximate surface area is 104 Å². The fraction of sp³-hybridized carbons (Fsp3) is 0.769. The first kappa shape index (κ1) is 14.2. The number of nitrogens with one attached hydrogen (secondary N) is 1. The van der Waals surface area contributed by atoms with Crippen LogP contribution in [0.15, 0.2) is 12.4 Å². The van der Waals surface area contributed by atoms with E-state index in [1.165, 1.54) is 0 Å². The van der Waals surface area contributed by atoms with Crippen molar-refractivity contribution in [2.45, 2.75) is 45.8 Å². The lowest BCUT2D eigenvalue weighted by Gasteiger charge is -2.25. The number of imidazole rings is 1. The van der Waals surface area contributed by atoms with Crippen LogP contribution in [-0.2, 0) is 11.8 Å². The summed E-state index contributed by atoms with van der Waals surface area (Å²) < 4.78 is 7.89. The van der Waals surface area contributed by atoms with Crippen molar-refractivity contribution in [2.75, 3.05) is 13.2 Å². The molecule has 1 rings (SSSR count). The molecule has 0 aliphatic rings. The summed E-state index contributed by atoms with van der Waals surface area (Å²) in [4.78, 5) is 4.39. The molecule has 1 atom stereocenters. The van der Waals surface area contributed by atoms with Gasteiger partial charge in [0.1, 0.15) is 5.82 Å². The summed E-state index contributed by atoms with van der Waals surface area (Å²) >= 11 is 0. The summed E-state index contributed by atoms with van der Waals surface area (Å²) in [6.45, 7) is 10.00. The van der Waals surface area contributed by atoms with Crippen molar-refractivity contribution in [3.05, 3.63) is 18.2 Å². The van der Waals surface area contributed by atoms with Crippen LogP contribution in [0.25, 0.3) is 0 Å². The van der Waals surface area contributed by atoms with E-state index in [-0.39, 0.29) is 11.6 Å². The SMILES string of the molecule is CCCNC(COC(C)(C)C)c1nccn1C. The first-order chi connectivity index (χ1) is 7.94. The molecule has 4 nitrogen and oxygen atoms in total. The van der Waals surface area contributed by atoms with Crippen molar-refractivity contribution in [2.24, 2.45) is 7.05 Å². The van der Waals surface area contributed by atoms with E-state index in [2.05, 4.69) is 38.0 Å². The number of aromatic nitrogens is 2. The van der Waals surface area contributed by atoms with Crippen LogP contribution in [-0.4, -0.2) is 28.3 Å². The van der Waals surface area contributed by atoms with Crippen molar-refractivity contribution < 1.29 is 4.74 Å². The van der Waals surface area contributed by atoms with Crippen LogP contribution >= 0.6 is 0 Å². The molecule has 0 radical (unpaired) electrons. The molecule has 1 aromatic heterocycles. The van der Waals surface area contributed by atoms with Crippen molar-refractivity contribution in [3.8, 4) is 0 Å². The second kappa shape index (κ2) is 6.17. The van der Waals surface area contributed by atoms with Gasteiger partial charge in [0.05, 0.1) is 18.2 Å². The van der Waals surface area contributed by atoms with Crippen molar-refractivity contribution in [1.29, 1.82) is 0 Å². The monoisotopic (exact) mass is 239 g/mol. The third kappa shape index (κ3) is 4.88. The van der Waals surface area contributed by atoms with Crippen LogP contribution in [0.1, 0.15) is 46.0 Å². The Morgan fingerprint density at radius 1 is 1.47 bits per heavy atom. The van der Waals surface area contributed by atoms with Gasteiger partial charge in [0.2, 0.25) is 0 Å². The van der Waals surface area contributed by atoms with Gasteiger partial charge in [-0.05, 0) is 33.7 Å². The predicted octanol–water partition coefficient (Wildman–Crippen LogP) is 2.28. The summed E-state index contributed by atoms with van der Waals surface area (Å²) in [7, 11) is 2.01. The second-order valence-corrected chi connectivity index (χ2v) is 5.33. The molecule has 0 saturated heterocycles. The van der Waals surface area contributed by atoms with E-state index in [1.807, 2.05) is 24.0 Å². The van der Waals surface area contributed by atoms with Gasteiger partial charge in [0.15, 0.2) is 0 Å². The Balaban J connectivity index is 2.64. The molecule has 0 aliphatic carbocycles. The van der Waals surface area contributed by atoms with Crippen LogP contribution in [0.5, 0.6) is 0 Å². The lowest BCUT2D eigenvalue weighted by Crippen LogP contribution is -2.32. The van der Waals surface area contributed by atoms with E-state index >= 15 is 0 Å². The maximum Gasteiger partial charge on any atom is 0.127 e. The lowest BCUT2D eigenvalue weighted by atomic mass is 10.2. The third-order valence-electron chi connectivity index (χ3n) is 2.49. The minimum Gasteiger partial charge on any atom is -0.374 e. The molecule has 4 heteroatoms. The molecule has 0 bridgehead atoms. The summed E-state index contributed by atoms with van der Waals surface area (Å²) in [6, 6.07) is 0.161. The highest BCUT2D eigenvalue weighted by atomic mass is 16.5. The molecule has 1 heterocycles. The largest absolute Gasteiger partial charge is 0.374 e. The van der Waals surface area contributed by atoms with Crippen LogP contribution in [0.4, 0.5) is 0 Å².